The summed E-state index contributed by atoms with van der Waals surface area (Å²) in [6, 6.07) is 2.07. The van der Waals surface area contributed by atoms with E-state index in [-0.39, 0.29) is 0 Å². The number of hydrogen-bond acceptors (Lipinski definition) is 6. The minimum atomic E-state index is 0.522. The first-order chi connectivity index (χ1) is 9.74. The van der Waals surface area contributed by atoms with Crippen LogP contribution in [0.3, 0.4) is 0 Å². The molecular formula is C14H19N5S. The second-order valence-electron chi connectivity index (χ2n) is 5.07. The fourth-order valence-corrected chi connectivity index (χ4v) is 3.16. The van der Waals surface area contributed by atoms with Crippen molar-refractivity contribution in [2.24, 2.45) is 0 Å². The van der Waals surface area contributed by atoms with E-state index in [9.17, 15) is 0 Å². The Labute approximate surface area is 123 Å². The van der Waals surface area contributed by atoms with Gasteiger partial charge in [-0.2, -0.15) is 0 Å². The van der Waals surface area contributed by atoms with Crippen LogP contribution in [-0.2, 0) is 0 Å². The van der Waals surface area contributed by atoms with E-state index in [0.29, 0.717) is 5.92 Å². The summed E-state index contributed by atoms with van der Waals surface area (Å²) in [7, 11) is 0. The molecule has 1 N–H and O–H groups in total. The van der Waals surface area contributed by atoms with Crippen LogP contribution in [0.4, 0.5) is 10.9 Å². The summed E-state index contributed by atoms with van der Waals surface area (Å²) in [5, 5.41) is 6.08. The van der Waals surface area contributed by atoms with E-state index in [1.54, 1.807) is 17.5 Å². The SMILES string of the molecule is CCN1CC[C@@H](c2cc(Nc3nccs3)nc(C)n2)C1. The first kappa shape index (κ1) is 13.5. The number of aryl methyl sites for hydroxylation is 1. The van der Waals surface area contributed by atoms with Crippen LogP contribution in [0.1, 0.15) is 30.8 Å². The molecule has 3 heterocycles. The molecule has 20 heavy (non-hydrogen) atoms. The van der Waals surface area contributed by atoms with Crippen molar-refractivity contribution in [2.75, 3.05) is 25.0 Å². The van der Waals surface area contributed by atoms with Crippen molar-refractivity contribution >= 4 is 22.3 Å². The molecule has 1 saturated heterocycles. The van der Waals surface area contributed by atoms with Crippen LogP contribution in [0.15, 0.2) is 17.6 Å². The summed E-state index contributed by atoms with van der Waals surface area (Å²) in [6.45, 7) is 7.54. The van der Waals surface area contributed by atoms with Crippen molar-refractivity contribution < 1.29 is 0 Å². The number of likely N-dealkylation sites (N-methyl/N-ethyl adjacent to an activating group) is 1. The van der Waals surface area contributed by atoms with Crippen LogP contribution in [-0.4, -0.2) is 39.5 Å². The highest BCUT2D eigenvalue weighted by Gasteiger charge is 2.24. The fraction of sp³-hybridized carbons (Fsp3) is 0.500. The maximum Gasteiger partial charge on any atom is 0.188 e. The Morgan fingerprint density at radius 1 is 1.45 bits per heavy atom. The minimum absolute atomic E-state index is 0.522. The lowest BCUT2D eigenvalue weighted by atomic mass is 10.0. The Morgan fingerprint density at radius 2 is 2.35 bits per heavy atom. The monoisotopic (exact) mass is 289 g/mol. The minimum Gasteiger partial charge on any atom is -0.316 e. The van der Waals surface area contributed by atoms with E-state index in [0.717, 1.165) is 35.6 Å². The molecule has 0 saturated carbocycles. The highest BCUT2D eigenvalue weighted by Crippen LogP contribution is 2.27. The zero-order valence-corrected chi connectivity index (χ0v) is 12.7. The average molecular weight is 289 g/mol. The molecule has 2 aromatic rings. The van der Waals surface area contributed by atoms with Gasteiger partial charge in [0.15, 0.2) is 5.13 Å². The topological polar surface area (TPSA) is 53.9 Å². The largest absolute Gasteiger partial charge is 0.316 e. The van der Waals surface area contributed by atoms with Crippen molar-refractivity contribution in [1.82, 2.24) is 19.9 Å². The van der Waals surface area contributed by atoms with Gasteiger partial charge in [-0.25, -0.2) is 15.0 Å². The van der Waals surface area contributed by atoms with Gasteiger partial charge in [0, 0.05) is 30.1 Å². The van der Waals surface area contributed by atoms with E-state index < -0.39 is 0 Å². The maximum absolute atomic E-state index is 4.62. The smallest absolute Gasteiger partial charge is 0.188 e. The van der Waals surface area contributed by atoms with E-state index in [1.807, 2.05) is 12.3 Å². The molecular weight excluding hydrogens is 270 g/mol. The molecule has 0 bridgehead atoms. The Balaban J connectivity index is 1.80. The normalized spacial score (nSPS) is 19.4. The van der Waals surface area contributed by atoms with Gasteiger partial charge >= 0.3 is 0 Å². The molecule has 1 atom stereocenters. The molecule has 0 spiro atoms. The van der Waals surface area contributed by atoms with Gasteiger partial charge in [0.25, 0.3) is 0 Å². The predicted molar refractivity (Wildman–Crippen MR) is 81.6 cm³/mol. The summed E-state index contributed by atoms with van der Waals surface area (Å²) in [4.78, 5) is 15.8. The second kappa shape index (κ2) is 5.85. The van der Waals surface area contributed by atoms with Crippen molar-refractivity contribution in [2.45, 2.75) is 26.2 Å². The highest BCUT2D eigenvalue weighted by atomic mass is 32.1. The summed E-state index contributed by atoms with van der Waals surface area (Å²) >= 11 is 1.57. The van der Waals surface area contributed by atoms with Gasteiger partial charge in [-0.1, -0.05) is 6.92 Å². The van der Waals surface area contributed by atoms with Crippen molar-refractivity contribution in [3.05, 3.63) is 29.2 Å². The van der Waals surface area contributed by atoms with E-state index in [2.05, 4.69) is 38.2 Å². The molecule has 3 rings (SSSR count). The number of nitrogens with one attached hydrogen (secondary N) is 1. The van der Waals surface area contributed by atoms with Crippen molar-refractivity contribution in [3.63, 3.8) is 0 Å². The lowest BCUT2D eigenvalue weighted by molar-refractivity contribution is 0.353. The second-order valence-corrected chi connectivity index (χ2v) is 5.96. The third kappa shape index (κ3) is 2.96. The average Bonchev–Trinajstić information content (AvgIpc) is 3.08. The Bertz CT molecular complexity index is 569. The maximum atomic E-state index is 4.62. The third-order valence-corrected chi connectivity index (χ3v) is 4.35. The van der Waals surface area contributed by atoms with E-state index in [1.165, 1.54) is 13.0 Å². The fourth-order valence-electron chi connectivity index (χ4n) is 2.62. The molecule has 1 aliphatic heterocycles. The Hall–Kier alpha value is -1.53. The Morgan fingerprint density at radius 3 is 3.05 bits per heavy atom. The summed E-state index contributed by atoms with van der Waals surface area (Å²) in [6.07, 6.45) is 2.97. The molecule has 0 unspecified atom stereocenters. The lowest BCUT2D eigenvalue weighted by Crippen LogP contribution is -2.19. The molecule has 0 amide bonds. The molecule has 0 aliphatic carbocycles. The quantitative estimate of drug-likeness (QED) is 0.938. The van der Waals surface area contributed by atoms with Crippen LogP contribution in [0.2, 0.25) is 0 Å². The van der Waals surface area contributed by atoms with Gasteiger partial charge in [0.2, 0.25) is 0 Å². The number of aromatic nitrogens is 3. The van der Waals surface area contributed by atoms with Gasteiger partial charge in [0.1, 0.15) is 11.6 Å². The van der Waals surface area contributed by atoms with Crippen molar-refractivity contribution in [3.8, 4) is 0 Å². The summed E-state index contributed by atoms with van der Waals surface area (Å²) < 4.78 is 0. The number of likely N-dealkylation sites (tertiary alicyclic amines) is 1. The molecule has 0 aromatic carbocycles. The third-order valence-electron chi connectivity index (χ3n) is 3.66. The zero-order chi connectivity index (χ0) is 13.9. The summed E-state index contributed by atoms with van der Waals surface area (Å²) in [5.74, 6) is 2.18. The van der Waals surface area contributed by atoms with Gasteiger partial charge in [0.05, 0.1) is 5.69 Å². The van der Waals surface area contributed by atoms with E-state index >= 15 is 0 Å². The number of thiazole rings is 1. The van der Waals surface area contributed by atoms with Crippen LogP contribution < -0.4 is 5.32 Å². The number of anilines is 2. The molecule has 0 radical (unpaired) electrons. The standard InChI is InChI=1S/C14H19N5S/c1-3-19-6-4-11(9-19)12-8-13(17-10(2)16-12)18-14-15-5-7-20-14/h5,7-8,11H,3-4,6,9H2,1-2H3,(H,15,16,17,18)/t11-/m1/s1. The summed E-state index contributed by atoms with van der Waals surface area (Å²) in [5.41, 5.74) is 1.15. The first-order valence-corrected chi connectivity index (χ1v) is 7.87. The van der Waals surface area contributed by atoms with Crippen LogP contribution in [0, 0.1) is 6.92 Å². The molecule has 106 valence electrons. The lowest BCUT2D eigenvalue weighted by Gasteiger charge is -2.14. The van der Waals surface area contributed by atoms with E-state index in [4.69, 9.17) is 0 Å². The predicted octanol–water partition coefficient (Wildman–Crippen LogP) is 2.79. The molecule has 2 aromatic heterocycles. The molecule has 1 aliphatic rings. The van der Waals surface area contributed by atoms with Gasteiger partial charge in [-0.05, 0) is 26.4 Å². The molecule has 1 fully saturated rings. The number of hydrogen-bond donors (Lipinski definition) is 1. The van der Waals surface area contributed by atoms with Gasteiger partial charge < -0.3 is 10.2 Å². The van der Waals surface area contributed by atoms with Crippen LogP contribution in [0.5, 0.6) is 0 Å². The van der Waals surface area contributed by atoms with Gasteiger partial charge in [-0.3, -0.25) is 0 Å². The Kier molecular flexibility index (Phi) is 3.93. The van der Waals surface area contributed by atoms with Crippen LogP contribution in [0.25, 0.3) is 0 Å². The zero-order valence-electron chi connectivity index (χ0n) is 11.8. The molecule has 5 nitrogen and oxygen atoms in total. The van der Waals surface area contributed by atoms with Crippen molar-refractivity contribution in [1.29, 1.82) is 0 Å². The first-order valence-electron chi connectivity index (χ1n) is 6.99. The highest BCUT2D eigenvalue weighted by molar-refractivity contribution is 7.13. The number of rotatable bonds is 4. The number of nitrogens with zero attached hydrogens (tertiary/aromatic N) is 4. The molecule has 6 heteroatoms. The van der Waals surface area contributed by atoms with Gasteiger partial charge in [-0.15, -0.1) is 11.3 Å². The van der Waals surface area contributed by atoms with Crippen LogP contribution >= 0.6 is 11.3 Å².